The molecule has 8 atom stereocenters. The number of nitrogens with zero attached hydrogens (tertiary/aromatic N) is 3. The standard InChI is InChI=1S/C50H79N17O14S2/c1-26(68)60-39(50(83)16-4-3-5-17-50)46(79)65-33(22-36(51)69)47(80)67-20-8-11-35(67)45(78)63-29(9-6-18-57-48(53)54)41(74)59-24-37(70)61-32(23-38(71)72)44(77)64-31(21-27-12-14-28(81-2)15-13-27)43(76)62-30(10-7-19-58-49(55)56)42(75)66-34(25-82)40(52)73/h12-15,29-35,39,82-83H,3-11,16-25H2,1-2H3,(H2,51,69)(H2,52,73)(H,59,74)(H,60,68)(H,61,70)(H,62,76)(H,63,78)(H,64,77)(H,65,79)(H,66,75)(H,71,72)(H4,53,54,57)(H4,55,56,58)/t29-,30-,31-,32-,33-,34-,35-,39?/m0/s1. The van der Waals surface area contributed by atoms with E-state index in [0.29, 0.717) is 24.2 Å². The summed E-state index contributed by atoms with van der Waals surface area (Å²) in [6.07, 6.45) is 1.65. The van der Waals surface area contributed by atoms with Crippen LogP contribution in [0.1, 0.15) is 96.0 Å². The van der Waals surface area contributed by atoms with E-state index in [4.69, 9.17) is 51.8 Å². The summed E-state index contributed by atoms with van der Waals surface area (Å²) in [6.45, 7) is 0.323. The Morgan fingerprint density at radius 2 is 1.22 bits per heavy atom. The first kappa shape index (κ1) is 69.2. The third kappa shape index (κ3) is 23.7. The minimum atomic E-state index is -1.89. The van der Waals surface area contributed by atoms with E-state index in [1.165, 1.54) is 14.0 Å². The highest BCUT2D eigenvalue weighted by Crippen LogP contribution is 2.37. The minimum absolute atomic E-state index is 0.0117. The summed E-state index contributed by atoms with van der Waals surface area (Å²) in [5.41, 5.74) is 33.2. The molecule has 31 nitrogen and oxygen atoms in total. The van der Waals surface area contributed by atoms with Crippen LogP contribution < -0.4 is 81.7 Å². The number of benzene rings is 1. The zero-order valence-corrected chi connectivity index (χ0v) is 48.1. The molecule has 1 aromatic carbocycles. The lowest BCUT2D eigenvalue weighted by Gasteiger charge is -2.39. The number of aliphatic carboxylic acids is 1. The predicted octanol–water partition coefficient (Wildman–Crippen LogP) is -5.74. The molecule has 0 radical (unpaired) electrons. The number of rotatable bonds is 34. The van der Waals surface area contributed by atoms with Crippen LogP contribution in [0, 0.1) is 0 Å². The van der Waals surface area contributed by atoms with Gasteiger partial charge in [-0.15, -0.1) is 0 Å². The Balaban J connectivity index is 1.85. The number of likely N-dealkylation sites (tertiary alicyclic amines) is 1. The highest BCUT2D eigenvalue weighted by Gasteiger charge is 2.45. The molecule has 1 unspecified atom stereocenters. The smallest absolute Gasteiger partial charge is 0.305 e. The maximum absolute atomic E-state index is 14.2. The van der Waals surface area contributed by atoms with Crippen LogP contribution in [0.3, 0.4) is 0 Å². The maximum atomic E-state index is 14.2. The summed E-state index contributed by atoms with van der Waals surface area (Å²) in [7, 11) is 1.42. The first-order chi connectivity index (χ1) is 39.2. The van der Waals surface area contributed by atoms with Gasteiger partial charge in [-0.2, -0.15) is 25.3 Å². The number of carbonyl (C=O) groups excluding carboxylic acids is 11. The Labute approximate surface area is 490 Å². The predicted molar refractivity (Wildman–Crippen MR) is 307 cm³/mol. The summed E-state index contributed by atoms with van der Waals surface area (Å²) in [6, 6.07) is -5.26. The molecule has 2 aliphatic rings. The number of nitrogens with two attached hydrogens (primary N) is 6. The molecule has 0 spiro atoms. The highest BCUT2D eigenvalue weighted by molar-refractivity contribution is 7.82. The van der Waals surface area contributed by atoms with Gasteiger partial charge in [-0.25, -0.2) is 0 Å². The summed E-state index contributed by atoms with van der Waals surface area (Å²) >= 11 is 8.83. The molecule has 1 saturated carbocycles. The van der Waals surface area contributed by atoms with Gasteiger partial charge in [-0.3, -0.25) is 67.5 Å². The lowest BCUT2D eigenvalue weighted by Crippen LogP contribution is -2.62. The van der Waals surface area contributed by atoms with Crippen molar-refractivity contribution in [1.29, 1.82) is 0 Å². The third-order valence-electron chi connectivity index (χ3n) is 13.4. The van der Waals surface area contributed by atoms with Gasteiger partial charge in [0.25, 0.3) is 0 Å². The van der Waals surface area contributed by atoms with E-state index in [9.17, 15) is 62.6 Å². The summed E-state index contributed by atoms with van der Waals surface area (Å²) in [5.74, 6) is -11.8. The maximum Gasteiger partial charge on any atom is 0.305 e. The van der Waals surface area contributed by atoms with Crippen LogP contribution in [-0.2, 0) is 64.0 Å². The van der Waals surface area contributed by atoms with Gasteiger partial charge >= 0.3 is 5.97 Å². The number of aliphatic imine (C=N–C) groups is 2. The van der Waals surface area contributed by atoms with Gasteiger partial charge in [0.2, 0.25) is 65.0 Å². The van der Waals surface area contributed by atoms with Crippen LogP contribution >= 0.6 is 25.3 Å². The number of amides is 11. The normalized spacial score (nSPS) is 16.9. The molecule has 33 heteroatoms. The number of thiol groups is 2. The molecule has 1 aliphatic heterocycles. The number of guanidine groups is 2. The number of carbonyl (C=O) groups is 12. The van der Waals surface area contributed by atoms with Crippen molar-refractivity contribution >= 4 is 108 Å². The average Bonchev–Trinajstić information content (AvgIpc) is 4.04. The number of carboxylic acid groups (broad SMARTS) is 1. The number of ether oxygens (including phenoxy) is 1. The van der Waals surface area contributed by atoms with Crippen LogP contribution in [0.4, 0.5) is 0 Å². The second kappa shape index (κ2) is 34.4. The lowest BCUT2D eigenvalue weighted by atomic mass is 9.82. The van der Waals surface area contributed by atoms with Crippen LogP contribution in [-0.4, -0.2) is 185 Å². The number of hydrogen-bond acceptors (Lipinski definition) is 17. The van der Waals surface area contributed by atoms with Crippen molar-refractivity contribution in [3.63, 3.8) is 0 Å². The summed E-state index contributed by atoms with van der Waals surface area (Å²) in [4.78, 5) is 169. The molecule has 460 valence electrons. The van der Waals surface area contributed by atoms with E-state index >= 15 is 0 Å². The first-order valence-corrected chi connectivity index (χ1v) is 27.8. The molecule has 1 aromatic rings. The summed E-state index contributed by atoms with van der Waals surface area (Å²) < 4.78 is 4.24. The molecular weight excluding hydrogens is 1130 g/mol. The van der Waals surface area contributed by atoms with E-state index in [2.05, 4.69) is 65.1 Å². The summed E-state index contributed by atoms with van der Waals surface area (Å²) in [5, 5.41) is 29.6. The highest BCUT2D eigenvalue weighted by atomic mass is 32.1. The van der Waals surface area contributed by atoms with Crippen LogP contribution in [0.25, 0.3) is 0 Å². The van der Waals surface area contributed by atoms with Gasteiger partial charge < -0.3 is 91.7 Å². The second-order valence-electron chi connectivity index (χ2n) is 19.9. The van der Waals surface area contributed by atoms with Crippen LogP contribution in [0.15, 0.2) is 34.3 Å². The molecule has 1 saturated heterocycles. The fourth-order valence-electron chi connectivity index (χ4n) is 9.22. The van der Waals surface area contributed by atoms with Crippen molar-refractivity contribution in [3.05, 3.63) is 29.8 Å². The van der Waals surface area contributed by atoms with E-state index in [-0.39, 0.29) is 82.3 Å². The van der Waals surface area contributed by atoms with Gasteiger partial charge in [0, 0.05) is 43.5 Å². The molecular formula is C50H79N17O14S2. The topological polar surface area (TPSA) is 515 Å². The van der Waals surface area contributed by atoms with Gasteiger partial charge in [0.1, 0.15) is 54.1 Å². The SMILES string of the molecule is COc1ccc(C[C@H](NC(=O)[C@H](CC(=O)O)NC(=O)CNC(=O)[C@H](CCCN=C(N)N)NC(=O)[C@@H]2CCCN2C(=O)[C@H](CC(N)=O)NC(=O)C(NC(C)=O)C2(S)CCCCC2)C(=O)N[C@@H](CCCN=C(N)N)C(=O)N[C@@H](CS)C(N)=O)cc1. The molecule has 1 heterocycles. The zero-order chi connectivity index (χ0) is 62.0. The molecule has 1 aliphatic carbocycles. The fourth-order valence-corrected chi connectivity index (χ4v) is 9.99. The third-order valence-corrected chi connectivity index (χ3v) is 14.5. The number of hydrogen-bond donors (Lipinski definition) is 17. The van der Waals surface area contributed by atoms with Crippen molar-refractivity contribution in [1.82, 2.24) is 47.4 Å². The van der Waals surface area contributed by atoms with Crippen molar-refractivity contribution in [2.45, 2.75) is 150 Å². The van der Waals surface area contributed by atoms with E-state index in [0.717, 1.165) is 24.2 Å². The molecule has 0 bridgehead atoms. The Kier molecular flexibility index (Phi) is 28.6. The molecule has 83 heavy (non-hydrogen) atoms. The Bertz CT molecular complexity index is 2550. The Morgan fingerprint density at radius 3 is 1.75 bits per heavy atom. The van der Waals surface area contributed by atoms with Crippen molar-refractivity contribution in [3.8, 4) is 5.75 Å². The fraction of sp³-hybridized carbons (Fsp3) is 0.600. The molecule has 0 aromatic heterocycles. The molecule has 2 fully saturated rings. The largest absolute Gasteiger partial charge is 0.497 e. The van der Waals surface area contributed by atoms with Crippen molar-refractivity contribution < 1.29 is 67.4 Å². The number of carboxylic acids is 1. The monoisotopic (exact) mass is 1210 g/mol. The van der Waals surface area contributed by atoms with Crippen molar-refractivity contribution in [2.75, 3.05) is 39.0 Å². The number of nitrogens with one attached hydrogen (secondary N) is 8. The van der Waals surface area contributed by atoms with Gasteiger partial charge in [-0.1, -0.05) is 31.4 Å². The van der Waals surface area contributed by atoms with Gasteiger partial charge in [0.15, 0.2) is 11.9 Å². The number of primary amides is 2. The van der Waals surface area contributed by atoms with Crippen molar-refractivity contribution in [2.24, 2.45) is 44.4 Å². The average molecular weight is 1210 g/mol. The quantitative estimate of drug-likeness (QED) is 0.0132. The van der Waals surface area contributed by atoms with Crippen LogP contribution in [0.2, 0.25) is 0 Å². The molecule has 11 amide bonds. The second-order valence-corrected chi connectivity index (χ2v) is 21.2. The van der Waals surface area contributed by atoms with E-state index < -0.39 is 143 Å². The minimum Gasteiger partial charge on any atom is -0.497 e. The van der Waals surface area contributed by atoms with Gasteiger partial charge in [-0.05, 0) is 69.1 Å². The Hall–Kier alpha value is -8.10. The Morgan fingerprint density at radius 1 is 0.675 bits per heavy atom. The molecule has 21 N–H and O–H groups in total. The van der Waals surface area contributed by atoms with E-state index in [1.54, 1.807) is 24.3 Å². The molecule has 3 rings (SSSR count). The lowest BCUT2D eigenvalue weighted by molar-refractivity contribution is -0.143. The van der Waals surface area contributed by atoms with Gasteiger partial charge in [0.05, 0.1) is 26.5 Å². The first-order valence-electron chi connectivity index (χ1n) is 26.7. The van der Waals surface area contributed by atoms with Crippen LogP contribution in [0.5, 0.6) is 5.75 Å². The zero-order valence-electron chi connectivity index (χ0n) is 46.3. The number of methoxy groups -OCH3 is 1. The van der Waals surface area contributed by atoms with E-state index in [1.807, 2.05) is 0 Å².